The van der Waals surface area contributed by atoms with Gasteiger partial charge in [0.1, 0.15) is 5.82 Å². The van der Waals surface area contributed by atoms with E-state index >= 15 is 0 Å². The molecule has 2 saturated heterocycles. The van der Waals surface area contributed by atoms with Gasteiger partial charge in [-0.05, 0) is 32.4 Å². The molecule has 0 amide bonds. The van der Waals surface area contributed by atoms with Gasteiger partial charge < -0.3 is 15.5 Å². The van der Waals surface area contributed by atoms with Crippen LogP contribution in [0.5, 0.6) is 0 Å². The highest BCUT2D eigenvalue weighted by Gasteiger charge is 2.40. The Kier molecular flexibility index (Phi) is 7.97. The number of alkyl halides is 3. The third kappa shape index (κ3) is 5.09. The predicted octanol–water partition coefficient (Wildman–Crippen LogP) is 3.72. The number of hydrogen-bond acceptors (Lipinski definition) is 5. The van der Waals surface area contributed by atoms with Crippen molar-refractivity contribution in [2.24, 2.45) is 0 Å². The summed E-state index contributed by atoms with van der Waals surface area (Å²) in [6, 6.07) is 4.15. The SMILES string of the molecule is C=C(/C=c1/c(NCc2cccc(C(F)(F)F)c2F)nnc(C)/c1=C/C)N1CCC2NCC21.CC. The van der Waals surface area contributed by atoms with Gasteiger partial charge in [-0.1, -0.05) is 38.6 Å². The minimum Gasteiger partial charge on any atom is -0.366 e. The highest BCUT2D eigenvalue weighted by atomic mass is 19.4. The van der Waals surface area contributed by atoms with Crippen LogP contribution < -0.4 is 21.1 Å². The number of allylic oxidation sites excluding steroid dienone is 1. The minimum atomic E-state index is -4.76. The van der Waals surface area contributed by atoms with Gasteiger partial charge in [-0.25, -0.2) is 4.39 Å². The van der Waals surface area contributed by atoms with Crippen molar-refractivity contribution in [3.63, 3.8) is 0 Å². The number of anilines is 1. The lowest BCUT2D eigenvalue weighted by Gasteiger charge is -2.38. The Morgan fingerprint density at radius 1 is 1.26 bits per heavy atom. The van der Waals surface area contributed by atoms with Crippen LogP contribution in [0.1, 0.15) is 44.0 Å². The van der Waals surface area contributed by atoms with Gasteiger partial charge in [0.15, 0.2) is 5.82 Å². The zero-order chi connectivity index (χ0) is 25.0. The number of likely N-dealkylation sites (tertiary alicyclic amines) is 1. The fraction of sp³-hybridized carbons (Fsp3) is 0.440. The lowest BCUT2D eigenvalue weighted by Crippen LogP contribution is -2.58. The number of benzene rings is 1. The average molecular weight is 478 g/mol. The molecular weight excluding hydrogens is 446 g/mol. The van der Waals surface area contributed by atoms with Crippen molar-refractivity contribution in [3.8, 4) is 0 Å². The number of aromatic nitrogens is 2. The summed E-state index contributed by atoms with van der Waals surface area (Å²) in [6.45, 7) is 13.6. The number of aryl methyl sites for hydroxylation is 1. The van der Waals surface area contributed by atoms with Crippen molar-refractivity contribution in [1.82, 2.24) is 20.4 Å². The van der Waals surface area contributed by atoms with Gasteiger partial charge in [0.2, 0.25) is 0 Å². The number of nitrogens with zero attached hydrogens (tertiary/aromatic N) is 3. The van der Waals surface area contributed by atoms with E-state index in [4.69, 9.17) is 0 Å². The van der Waals surface area contributed by atoms with Crippen LogP contribution in [-0.4, -0.2) is 40.3 Å². The van der Waals surface area contributed by atoms with E-state index in [1.807, 2.05) is 39.8 Å². The molecule has 3 heterocycles. The van der Waals surface area contributed by atoms with Crippen molar-refractivity contribution in [2.45, 2.75) is 58.9 Å². The van der Waals surface area contributed by atoms with E-state index in [1.54, 1.807) is 0 Å². The van der Waals surface area contributed by atoms with E-state index in [0.29, 0.717) is 23.6 Å². The molecule has 0 radical (unpaired) electrons. The van der Waals surface area contributed by atoms with Gasteiger partial charge in [-0.15, -0.1) is 5.10 Å². The zero-order valence-corrected chi connectivity index (χ0v) is 19.9. The highest BCUT2D eigenvalue weighted by molar-refractivity contribution is 5.54. The van der Waals surface area contributed by atoms with Crippen LogP contribution in [0, 0.1) is 12.7 Å². The summed E-state index contributed by atoms with van der Waals surface area (Å²) >= 11 is 0. The summed E-state index contributed by atoms with van der Waals surface area (Å²) in [5.41, 5.74) is 0.166. The van der Waals surface area contributed by atoms with Crippen LogP contribution in [0.15, 0.2) is 30.5 Å². The summed E-state index contributed by atoms with van der Waals surface area (Å²) in [5, 5.41) is 16.3. The Balaban J connectivity index is 0.00000158. The highest BCUT2D eigenvalue weighted by Crippen LogP contribution is 2.32. The smallest absolute Gasteiger partial charge is 0.366 e. The van der Waals surface area contributed by atoms with E-state index in [1.165, 1.54) is 12.1 Å². The molecule has 0 aliphatic carbocycles. The molecular formula is C25H31F4N5. The van der Waals surface area contributed by atoms with Crippen molar-refractivity contribution in [2.75, 3.05) is 18.4 Å². The van der Waals surface area contributed by atoms with Crippen molar-refractivity contribution in [1.29, 1.82) is 0 Å². The second-order valence-corrected chi connectivity index (χ2v) is 8.08. The van der Waals surface area contributed by atoms with Crippen molar-refractivity contribution < 1.29 is 17.6 Å². The first-order valence-electron chi connectivity index (χ1n) is 11.5. The summed E-state index contributed by atoms with van der Waals surface area (Å²) in [7, 11) is 0. The van der Waals surface area contributed by atoms with E-state index in [2.05, 4.69) is 32.3 Å². The third-order valence-corrected chi connectivity index (χ3v) is 6.17. The summed E-state index contributed by atoms with van der Waals surface area (Å²) < 4.78 is 53.6. The Hall–Kier alpha value is -2.94. The molecule has 2 fully saturated rings. The van der Waals surface area contributed by atoms with Gasteiger partial charge in [-0.3, -0.25) is 0 Å². The summed E-state index contributed by atoms with van der Waals surface area (Å²) in [5.74, 6) is -0.922. The topological polar surface area (TPSA) is 53.1 Å². The maximum Gasteiger partial charge on any atom is 0.419 e. The third-order valence-electron chi connectivity index (χ3n) is 6.17. The predicted molar refractivity (Wildman–Crippen MR) is 127 cm³/mol. The van der Waals surface area contributed by atoms with Crippen LogP contribution in [0.4, 0.5) is 23.4 Å². The van der Waals surface area contributed by atoms with Gasteiger partial charge in [-0.2, -0.15) is 18.3 Å². The zero-order valence-electron chi connectivity index (χ0n) is 19.9. The van der Waals surface area contributed by atoms with Crippen molar-refractivity contribution >= 4 is 18.0 Å². The number of fused-ring (bicyclic) bond motifs is 1. The van der Waals surface area contributed by atoms with Gasteiger partial charge >= 0.3 is 6.18 Å². The first kappa shape index (κ1) is 25.7. The fourth-order valence-electron chi connectivity index (χ4n) is 4.37. The molecule has 0 saturated carbocycles. The molecule has 1 aromatic heterocycles. The molecule has 34 heavy (non-hydrogen) atoms. The maximum atomic E-state index is 14.4. The lowest BCUT2D eigenvalue weighted by atomic mass is 10.0. The quantitative estimate of drug-likeness (QED) is 0.643. The van der Waals surface area contributed by atoms with E-state index < -0.39 is 17.6 Å². The minimum absolute atomic E-state index is 0.100. The lowest BCUT2D eigenvalue weighted by molar-refractivity contribution is -0.140. The molecule has 4 rings (SSSR count). The second kappa shape index (κ2) is 10.5. The molecule has 9 heteroatoms. The molecule has 2 unspecified atom stereocenters. The number of halogens is 4. The average Bonchev–Trinajstić information content (AvgIpc) is 3.08. The van der Waals surface area contributed by atoms with Gasteiger partial charge in [0.05, 0.1) is 17.3 Å². The molecule has 0 spiro atoms. The normalized spacial score (nSPS) is 20.4. The Morgan fingerprint density at radius 3 is 2.59 bits per heavy atom. The summed E-state index contributed by atoms with van der Waals surface area (Å²) in [6.07, 6.45) is 0.117. The van der Waals surface area contributed by atoms with Crippen LogP contribution in [-0.2, 0) is 12.7 Å². The van der Waals surface area contributed by atoms with Crippen LogP contribution in [0.2, 0.25) is 0 Å². The molecule has 0 bridgehead atoms. The molecule has 2 aliphatic rings. The van der Waals surface area contributed by atoms with Crippen LogP contribution in [0.3, 0.4) is 0 Å². The Morgan fingerprint density at radius 2 is 2.00 bits per heavy atom. The van der Waals surface area contributed by atoms with Crippen molar-refractivity contribution in [3.05, 3.63) is 63.6 Å². The first-order valence-corrected chi connectivity index (χ1v) is 11.5. The maximum absolute atomic E-state index is 14.4. The molecule has 2 atom stereocenters. The molecule has 184 valence electrons. The van der Waals surface area contributed by atoms with Crippen LogP contribution >= 0.6 is 0 Å². The van der Waals surface area contributed by atoms with Crippen LogP contribution in [0.25, 0.3) is 12.2 Å². The molecule has 1 aromatic carbocycles. The standard InChI is InChI=1S/C23H25F4N5.C2H6/c1-4-16-14(3)30-31-22(17(16)10-13(2)32-9-8-19-20(32)12-28-19)29-11-15-6-5-7-18(21(15)24)23(25,26)27;1-2/h4-7,10,19-20,28H,2,8-9,11-12H2,1,3H3,(H,29,31);1-2H3/b16-4-,17-10+;. The first-order chi connectivity index (χ1) is 16.2. The van der Waals surface area contributed by atoms with E-state index in [9.17, 15) is 17.6 Å². The molecule has 2 aromatic rings. The number of rotatable bonds is 5. The largest absolute Gasteiger partial charge is 0.419 e. The van der Waals surface area contributed by atoms with Gasteiger partial charge in [0.25, 0.3) is 0 Å². The molecule has 2 aliphatic heterocycles. The Bertz CT molecular complexity index is 1160. The number of nitrogens with one attached hydrogen (secondary N) is 2. The second-order valence-electron chi connectivity index (χ2n) is 8.08. The van der Waals surface area contributed by atoms with E-state index in [-0.39, 0.29) is 12.1 Å². The molecule has 2 N–H and O–H groups in total. The fourth-order valence-corrected chi connectivity index (χ4v) is 4.37. The van der Waals surface area contributed by atoms with Gasteiger partial charge in [0, 0.05) is 47.4 Å². The van der Waals surface area contributed by atoms with E-state index in [0.717, 1.165) is 41.7 Å². The Labute approximate surface area is 197 Å². The summed E-state index contributed by atoms with van der Waals surface area (Å²) in [4.78, 5) is 2.26. The number of hydrogen-bond donors (Lipinski definition) is 2. The monoisotopic (exact) mass is 477 g/mol. The molecule has 5 nitrogen and oxygen atoms in total.